The largest absolute Gasteiger partial charge is 0.354 e. The van der Waals surface area contributed by atoms with Crippen molar-refractivity contribution < 1.29 is 9.13 Å². The number of hydrogen-bond acceptors (Lipinski definition) is 4. The third kappa shape index (κ3) is 4.20. The van der Waals surface area contributed by atoms with Crippen LogP contribution < -0.4 is 0 Å². The zero-order valence-corrected chi connectivity index (χ0v) is 18.0. The van der Waals surface area contributed by atoms with Crippen molar-refractivity contribution in [2.45, 2.75) is 50.1 Å². The van der Waals surface area contributed by atoms with Crippen molar-refractivity contribution in [2.24, 2.45) is 0 Å². The van der Waals surface area contributed by atoms with Gasteiger partial charge in [-0.2, -0.15) is 5.10 Å². The smallest absolute Gasteiger partial charge is 0.186 e. The van der Waals surface area contributed by atoms with Gasteiger partial charge >= 0.3 is 0 Å². The van der Waals surface area contributed by atoms with Crippen LogP contribution in [0.3, 0.4) is 0 Å². The van der Waals surface area contributed by atoms with Crippen LogP contribution in [0.2, 0.25) is 5.02 Å². The number of thioether (sulfide) groups is 1. The van der Waals surface area contributed by atoms with Crippen molar-refractivity contribution >= 4 is 23.4 Å². The average Bonchev–Trinajstić information content (AvgIpc) is 3.27. The minimum atomic E-state index is -0.701. The number of ether oxygens (including phenoxy) is 1. The Hall–Kier alpha value is -1.89. The van der Waals surface area contributed by atoms with E-state index in [1.807, 2.05) is 22.9 Å². The summed E-state index contributed by atoms with van der Waals surface area (Å²) in [7, 11) is 0. The molecule has 0 N–H and O–H groups in total. The second-order valence-corrected chi connectivity index (χ2v) is 8.80. The Kier molecular flexibility index (Phi) is 5.95. The van der Waals surface area contributed by atoms with Crippen molar-refractivity contribution in [3.05, 3.63) is 76.3 Å². The summed E-state index contributed by atoms with van der Waals surface area (Å²) in [5.41, 5.74) is 2.28. The Morgan fingerprint density at radius 1 is 1.28 bits per heavy atom. The van der Waals surface area contributed by atoms with E-state index in [4.69, 9.17) is 16.3 Å². The number of rotatable bonds is 8. The standard InChI is InChI=1S/C22H23ClFN3OS/c1-3-4-10-29-21-25-14-26-27(21)13-22(17-8-9-18(23)19(24)12-17)20(28-22)16-7-5-6-15(2)11-16/h5-9,11-12,14,20H,3-4,10,13H2,1-2H3. The van der Waals surface area contributed by atoms with E-state index in [1.165, 1.54) is 6.07 Å². The van der Waals surface area contributed by atoms with Gasteiger partial charge in [0.15, 0.2) is 5.16 Å². The summed E-state index contributed by atoms with van der Waals surface area (Å²) in [6, 6.07) is 13.1. The first-order valence-electron chi connectivity index (χ1n) is 9.74. The van der Waals surface area contributed by atoms with Crippen LogP contribution in [0.15, 0.2) is 53.9 Å². The molecule has 0 saturated carbocycles. The van der Waals surface area contributed by atoms with Crippen LogP contribution in [-0.4, -0.2) is 20.5 Å². The lowest BCUT2D eigenvalue weighted by molar-refractivity contribution is 0.256. The molecule has 0 spiro atoms. The van der Waals surface area contributed by atoms with Crippen LogP contribution in [0.1, 0.15) is 42.6 Å². The van der Waals surface area contributed by atoms with Gasteiger partial charge in [-0.05, 0) is 36.6 Å². The highest BCUT2D eigenvalue weighted by Crippen LogP contribution is 2.58. The van der Waals surface area contributed by atoms with Crippen molar-refractivity contribution in [3.8, 4) is 0 Å². The van der Waals surface area contributed by atoms with E-state index < -0.39 is 11.4 Å². The number of unbranched alkanes of at least 4 members (excludes halogenated alkanes) is 1. The third-order valence-corrected chi connectivity index (χ3v) is 6.51. The number of hydrogen-bond donors (Lipinski definition) is 0. The molecular weight excluding hydrogens is 409 g/mol. The van der Waals surface area contributed by atoms with Gasteiger partial charge in [-0.3, -0.25) is 0 Å². The highest BCUT2D eigenvalue weighted by molar-refractivity contribution is 7.99. The fourth-order valence-corrected chi connectivity index (χ4v) is 4.66. The molecule has 29 heavy (non-hydrogen) atoms. The summed E-state index contributed by atoms with van der Waals surface area (Å²) in [5, 5.41) is 5.37. The van der Waals surface area contributed by atoms with Gasteiger partial charge in [-0.15, -0.1) is 0 Å². The van der Waals surface area contributed by atoms with E-state index in [2.05, 4.69) is 36.1 Å². The SMILES string of the molecule is CCCCSc1ncnn1CC1(c2ccc(Cl)c(F)c2)OC1c1cccc(C)c1. The fourth-order valence-electron chi connectivity index (χ4n) is 3.54. The molecule has 2 heterocycles. The van der Waals surface area contributed by atoms with Gasteiger partial charge in [0.2, 0.25) is 0 Å². The van der Waals surface area contributed by atoms with Crippen LogP contribution in [0.25, 0.3) is 0 Å². The predicted octanol–water partition coefficient (Wildman–Crippen LogP) is 5.94. The number of nitrogens with zero attached hydrogens (tertiary/aromatic N) is 3. The molecule has 0 radical (unpaired) electrons. The molecule has 4 rings (SSSR count). The summed E-state index contributed by atoms with van der Waals surface area (Å²) in [6.45, 7) is 4.68. The highest BCUT2D eigenvalue weighted by Gasteiger charge is 2.59. The lowest BCUT2D eigenvalue weighted by Gasteiger charge is -2.16. The molecule has 0 bridgehead atoms. The molecule has 4 nitrogen and oxygen atoms in total. The van der Waals surface area contributed by atoms with E-state index >= 15 is 0 Å². The van der Waals surface area contributed by atoms with Crippen molar-refractivity contribution in [1.29, 1.82) is 0 Å². The molecule has 2 unspecified atom stereocenters. The molecule has 1 aromatic heterocycles. The molecule has 2 aromatic carbocycles. The van der Waals surface area contributed by atoms with E-state index in [9.17, 15) is 4.39 Å². The van der Waals surface area contributed by atoms with E-state index in [1.54, 1.807) is 24.2 Å². The van der Waals surface area contributed by atoms with Gasteiger partial charge in [0.1, 0.15) is 23.8 Å². The lowest BCUT2D eigenvalue weighted by atomic mass is 9.91. The highest BCUT2D eigenvalue weighted by atomic mass is 35.5. The molecule has 152 valence electrons. The van der Waals surface area contributed by atoms with Gasteiger partial charge in [0.25, 0.3) is 0 Å². The maximum absolute atomic E-state index is 14.3. The molecule has 0 amide bonds. The van der Waals surface area contributed by atoms with Crippen LogP contribution in [-0.2, 0) is 16.9 Å². The molecule has 0 aliphatic carbocycles. The number of halogens is 2. The zero-order chi connectivity index (χ0) is 20.4. The maximum atomic E-state index is 14.3. The molecule has 1 aliphatic heterocycles. The maximum Gasteiger partial charge on any atom is 0.186 e. The number of epoxide rings is 1. The quantitative estimate of drug-likeness (QED) is 0.251. The van der Waals surface area contributed by atoms with Crippen LogP contribution in [0.5, 0.6) is 0 Å². The number of benzene rings is 2. The Morgan fingerprint density at radius 2 is 2.14 bits per heavy atom. The van der Waals surface area contributed by atoms with Crippen molar-refractivity contribution in [3.63, 3.8) is 0 Å². The molecule has 1 aliphatic rings. The first-order valence-corrected chi connectivity index (χ1v) is 11.1. The Bertz CT molecular complexity index is 1010. The molecule has 2 atom stereocenters. The average molecular weight is 432 g/mol. The van der Waals surface area contributed by atoms with Crippen LogP contribution >= 0.6 is 23.4 Å². The number of aromatic nitrogens is 3. The minimum absolute atomic E-state index is 0.105. The predicted molar refractivity (Wildman–Crippen MR) is 114 cm³/mol. The monoisotopic (exact) mass is 431 g/mol. The van der Waals surface area contributed by atoms with Gasteiger partial charge in [0.05, 0.1) is 11.6 Å². The van der Waals surface area contributed by atoms with E-state index in [0.29, 0.717) is 6.54 Å². The van der Waals surface area contributed by atoms with Gasteiger partial charge < -0.3 is 4.74 Å². The van der Waals surface area contributed by atoms with Gasteiger partial charge in [0, 0.05) is 5.75 Å². The van der Waals surface area contributed by atoms with Gasteiger partial charge in [-0.25, -0.2) is 14.1 Å². The normalized spacial score (nSPS) is 20.8. The number of aryl methyl sites for hydroxylation is 1. The summed E-state index contributed by atoms with van der Waals surface area (Å²) in [6.07, 6.45) is 3.64. The minimum Gasteiger partial charge on any atom is -0.354 e. The Balaban J connectivity index is 1.67. The first-order chi connectivity index (χ1) is 14.0. The summed E-state index contributed by atoms with van der Waals surface area (Å²) in [5.74, 6) is 0.540. The summed E-state index contributed by atoms with van der Waals surface area (Å²) >= 11 is 7.60. The lowest BCUT2D eigenvalue weighted by Crippen LogP contribution is -2.21. The van der Waals surface area contributed by atoms with Gasteiger partial charge in [-0.1, -0.05) is 72.6 Å². The van der Waals surface area contributed by atoms with Crippen molar-refractivity contribution in [1.82, 2.24) is 14.8 Å². The topological polar surface area (TPSA) is 43.2 Å². The fraction of sp³-hybridized carbons (Fsp3) is 0.364. The van der Waals surface area contributed by atoms with Crippen molar-refractivity contribution in [2.75, 3.05) is 5.75 Å². The van der Waals surface area contributed by atoms with Crippen LogP contribution in [0, 0.1) is 12.7 Å². The molecular formula is C22H23ClFN3OS. The Morgan fingerprint density at radius 3 is 2.90 bits per heavy atom. The Labute approximate surface area is 179 Å². The molecule has 7 heteroatoms. The summed E-state index contributed by atoms with van der Waals surface area (Å²) in [4.78, 5) is 4.40. The molecule has 1 fully saturated rings. The summed E-state index contributed by atoms with van der Waals surface area (Å²) < 4.78 is 22.4. The first kappa shape index (κ1) is 20.4. The molecule has 3 aromatic rings. The second kappa shape index (κ2) is 8.46. The third-order valence-electron chi connectivity index (χ3n) is 5.14. The van der Waals surface area contributed by atoms with Crippen LogP contribution in [0.4, 0.5) is 4.39 Å². The second-order valence-electron chi connectivity index (χ2n) is 7.33. The van der Waals surface area contributed by atoms with E-state index in [-0.39, 0.29) is 11.1 Å². The van der Waals surface area contributed by atoms with E-state index in [0.717, 1.165) is 40.4 Å². The molecule has 1 saturated heterocycles. The zero-order valence-electron chi connectivity index (χ0n) is 16.4.